The van der Waals surface area contributed by atoms with Crippen LogP contribution < -0.4 is 4.90 Å². The van der Waals surface area contributed by atoms with Crippen LogP contribution in [0.4, 0.5) is 11.4 Å². The molecule has 1 fully saturated rings. The van der Waals surface area contributed by atoms with E-state index >= 15 is 0 Å². The minimum Gasteiger partial charge on any atom is -0.296 e. The smallest absolute Gasteiger partial charge is 0.232 e. The van der Waals surface area contributed by atoms with Crippen molar-refractivity contribution in [3.63, 3.8) is 0 Å². The van der Waals surface area contributed by atoms with Crippen LogP contribution in [0.2, 0.25) is 0 Å². The van der Waals surface area contributed by atoms with Gasteiger partial charge >= 0.3 is 0 Å². The van der Waals surface area contributed by atoms with Gasteiger partial charge in [-0.05, 0) is 55.3 Å². The normalized spacial score (nSPS) is 18.5. The Morgan fingerprint density at radius 3 is 2.40 bits per heavy atom. The molecule has 4 nitrogen and oxygen atoms in total. The van der Waals surface area contributed by atoms with Crippen molar-refractivity contribution in [2.24, 2.45) is 0 Å². The molecule has 3 aromatic rings. The lowest BCUT2D eigenvalue weighted by Crippen LogP contribution is -2.37. The van der Waals surface area contributed by atoms with E-state index in [2.05, 4.69) is 40.2 Å². The van der Waals surface area contributed by atoms with Crippen molar-refractivity contribution in [1.29, 1.82) is 0 Å². The number of piperidine rings is 1. The van der Waals surface area contributed by atoms with Gasteiger partial charge in [0.25, 0.3) is 0 Å². The predicted octanol–water partition coefficient (Wildman–Crippen LogP) is 5.83. The fourth-order valence-electron chi connectivity index (χ4n) is 4.53. The lowest BCUT2D eigenvalue weighted by molar-refractivity contribution is -0.118. The Labute approximate surface area is 181 Å². The van der Waals surface area contributed by atoms with Crippen molar-refractivity contribution >= 4 is 29.0 Å². The molecule has 1 saturated heterocycles. The second-order valence-corrected chi connectivity index (χ2v) is 8.93. The molecule has 2 aliphatic heterocycles. The Balaban J connectivity index is 1.37. The largest absolute Gasteiger partial charge is 0.296 e. The molecule has 1 amide bonds. The number of nitrogens with zero attached hydrogens (tertiary/aromatic N) is 3. The fraction of sp³-hybridized carbons (Fsp3) is 0.280. The topological polar surface area (TPSA) is 36.4 Å². The second kappa shape index (κ2) is 8.62. The highest BCUT2D eigenvalue weighted by Gasteiger charge is 2.29. The molecule has 1 aromatic heterocycles. The maximum atomic E-state index is 13.5. The van der Waals surface area contributed by atoms with E-state index in [1.54, 1.807) is 11.8 Å². The van der Waals surface area contributed by atoms with Crippen LogP contribution >= 0.6 is 11.8 Å². The van der Waals surface area contributed by atoms with Crippen LogP contribution in [-0.2, 0) is 4.79 Å². The molecule has 152 valence electrons. The fourth-order valence-corrected chi connectivity index (χ4v) is 5.59. The molecule has 30 heavy (non-hydrogen) atoms. The summed E-state index contributed by atoms with van der Waals surface area (Å²) in [5.41, 5.74) is 3.25. The van der Waals surface area contributed by atoms with E-state index in [0.717, 1.165) is 40.7 Å². The van der Waals surface area contributed by atoms with Gasteiger partial charge in [0.1, 0.15) is 0 Å². The molecular formula is C25H25N3OS. The summed E-state index contributed by atoms with van der Waals surface area (Å²) in [5.74, 6) is 0.158. The van der Waals surface area contributed by atoms with Gasteiger partial charge in [-0.2, -0.15) is 0 Å². The van der Waals surface area contributed by atoms with Crippen molar-refractivity contribution in [3.8, 4) is 0 Å². The highest BCUT2D eigenvalue weighted by Crippen LogP contribution is 2.48. The number of rotatable bonds is 4. The molecule has 0 spiro atoms. The summed E-state index contributed by atoms with van der Waals surface area (Å²) in [5, 5.41) is 0. The first-order chi connectivity index (χ1) is 14.8. The Morgan fingerprint density at radius 2 is 1.70 bits per heavy atom. The molecule has 5 rings (SSSR count). The SMILES string of the molecule is O=C(CCN1CCCCC1c1cccnc1)N1c2ccccc2Sc2ccccc21. The van der Waals surface area contributed by atoms with Gasteiger partial charge in [0.15, 0.2) is 0 Å². The van der Waals surface area contributed by atoms with E-state index in [-0.39, 0.29) is 5.91 Å². The van der Waals surface area contributed by atoms with Gasteiger partial charge < -0.3 is 0 Å². The first-order valence-electron chi connectivity index (χ1n) is 10.6. The van der Waals surface area contributed by atoms with Crippen LogP contribution in [-0.4, -0.2) is 28.9 Å². The van der Waals surface area contributed by atoms with Crippen LogP contribution in [0.3, 0.4) is 0 Å². The van der Waals surface area contributed by atoms with Gasteiger partial charge in [-0.15, -0.1) is 0 Å². The molecular weight excluding hydrogens is 390 g/mol. The quantitative estimate of drug-likeness (QED) is 0.537. The first-order valence-corrected chi connectivity index (χ1v) is 11.5. The summed E-state index contributed by atoms with van der Waals surface area (Å²) in [6, 6.07) is 20.9. The van der Waals surface area contributed by atoms with Gasteiger partial charge in [-0.25, -0.2) is 0 Å². The number of pyridine rings is 1. The number of fused-ring (bicyclic) bond motifs is 2. The van der Waals surface area contributed by atoms with Crippen molar-refractivity contribution in [2.75, 3.05) is 18.0 Å². The lowest BCUT2D eigenvalue weighted by Gasteiger charge is -2.36. The Morgan fingerprint density at radius 1 is 0.967 bits per heavy atom. The van der Waals surface area contributed by atoms with Crippen LogP contribution in [0.25, 0.3) is 0 Å². The Kier molecular flexibility index (Phi) is 5.56. The summed E-state index contributed by atoms with van der Waals surface area (Å²) < 4.78 is 0. The number of carbonyl (C=O) groups excluding carboxylic acids is 1. The average Bonchev–Trinajstić information content (AvgIpc) is 2.81. The minimum absolute atomic E-state index is 0.158. The zero-order valence-corrected chi connectivity index (χ0v) is 17.7. The summed E-state index contributed by atoms with van der Waals surface area (Å²) >= 11 is 1.74. The maximum absolute atomic E-state index is 13.5. The molecule has 3 heterocycles. The summed E-state index contributed by atoms with van der Waals surface area (Å²) in [6.45, 7) is 1.81. The van der Waals surface area contributed by atoms with Crippen LogP contribution in [0.5, 0.6) is 0 Å². The highest BCUT2D eigenvalue weighted by atomic mass is 32.2. The number of amides is 1. The summed E-state index contributed by atoms with van der Waals surface area (Å²) in [4.78, 5) is 24.5. The maximum Gasteiger partial charge on any atom is 0.232 e. The van der Waals surface area contributed by atoms with E-state index in [4.69, 9.17) is 0 Å². The number of hydrogen-bond acceptors (Lipinski definition) is 4. The molecule has 2 aliphatic rings. The zero-order valence-electron chi connectivity index (χ0n) is 16.9. The van der Waals surface area contributed by atoms with Gasteiger partial charge in [0.2, 0.25) is 5.91 Å². The van der Waals surface area contributed by atoms with Gasteiger partial charge in [-0.3, -0.25) is 19.6 Å². The van der Waals surface area contributed by atoms with Gasteiger partial charge in [0, 0.05) is 41.2 Å². The summed E-state index contributed by atoms with van der Waals surface area (Å²) in [7, 11) is 0. The number of benzene rings is 2. The molecule has 1 atom stereocenters. The Bertz CT molecular complexity index is 994. The van der Waals surface area contributed by atoms with E-state index in [1.165, 1.54) is 18.4 Å². The number of para-hydroxylation sites is 2. The van der Waals surface area contributed by atoms with Crippen LogP contribution in [0, 0.1) is 0 Å². The lowest BCUT2D eigenvalue weighted by atomic mass is 9.96. The van der Waals surface area contributed by atoms with Crippen LogP contribution in [0.15, 0.2) is 82.8 Å². The minimum atomic E-state index is 0.158. The van der Waals surface area contributed by atoms with E-state index in [1.807, 2.05) is 47.6 Å². The van der Waals surface area contributed by atoms with Crippen molar-refractivity contribution in [1.82, 2.24) is 9.88 Å². The third-order valence-electron chi connectivity index (χ3n) is 5.98. The third-order valence-corrected chi connectivity index (χ3v) is 7.11. The standard InChI is InChI=1S/C25H25N3OS/c29-25(14-17-27-16-6-5-9-20(27)19-8-7-15-26-18-19)28-21-10-1-3-12-23(21)30-24-13-4-2-11-22(24)28/h1-4,7-8,10-13,15,18,20H,5-6,9,14,16-17H2. The van der Waals surface area contributed by atoms with Crippen LogP contribution in [0.1, 0.15) is 37.3 Å². The average molecular weight is 416 g/mol. The number of anilines is 2. The Hall–Kier alpha value is -2.63. The molecule has 0 N–H and O–H groups in total. The molecule has 1 unspecified atom stereocenters. The second-order valence-electron chi connectivity index (χ2n) is 7.85. The monoisotopic (exact) mass is 415 g/mol. The number of hydrogen-bond donors (Lipinski definition) is 0. The molecule has 0 bridgehead atoms. The van der Waals surface area contributed by atoms with E-state index in [0.29, 0.717) is 12.5 Å². The van der Waals surface area contributed by atoms with Crippen molar-refractivity contribution in [3.05, 3.63) is 78.6 Å². The first kappa shape index (κ1) is 19.3. The number of aromatic nitrogens is 1. The van der Waals surface area contributed by atoms with Crippen molar-refractivity contribution in [2.45, 2.75) is 41.5 Å². The number of likely N-dealkylation sites (tertiary alicyclic amines) is 1. The third kappa shape index (κ3) is 3.75. The zero-order chi connectivity index (χ0) is 20.3. The molecule has 2 aromatic carbocycles. The molecule has 5 heteroatoms. The summed E-state index contributed by atoms with van der Waals surface area (Å²) in [6.07, 6.45) is 7.85. The highest BCUT2D eigenvalue weighted by molar-refractivity contribution is 7.99. The van der Waals surface area contributed by atoms with Gasteiger partial charge in [0.05, 0.1) is 11.4 Å². The molecule has 0 saturated carbocycles. The molecule has 0 radical (unpaired) electrons. The van der Waals surface area contributed by atoms with Crippen molar-refractivity contribution < 1.29 is 4.79 Å². The van der Waals surface area contributed by atoms with E-state index < -0.39 is 0 Å². The van der Waals surface area contributed by atoms with Gasteiger partial charge in [-0.1, -0.05) is 48.5 Å². The van der Waals surface area contributed by atoms with E-state index in [9.17, 15) is 4.79 Å². The predicted molar refractivity (Wildman–Crippen MR) is 121 cm³/mol. The molecule has 0 aliphatic carbocycles. The number of carbonyl (C=O) groups is 1.